The molecule has 0 aliphatic carbocycles. The van der Waals surface area contributed by atoms with Gasteiger partial charge in [-0.25, -0.2) is 8.42 Å². The number of benzene rings is 1. The standard InChI is InChI=1S/C11H15N3O3S/c12-10-3-1-9(2-4-10)8-18(16,17)14-6-5-13-11(15)7-14/h1-4H,5-8,12H2,(H,13,15). The molecular formula is C11H15N3O3S. The fourth-order valence-corrected chi connectivity index (χ4v) is 3.25. The Balaban J connectivity index is 2.11. The molecule has 0 spiro atoms. The molecule has 3 N–H and O–H groups in total. The molecule has 98 valence electrons. The summed E-state index contributed by atoms with van der Waals surface area (Å²) in [7, 11) is -3.45. The molecule has 1 saturated heterocycles. The van der Waals surface area contributed by atoms with Crippen molar-refractivity contribution in [2.75, 3.05) is 25.4 Å². The van der Waals surface area contributed by atoms with E-state index in [1.165, 1.54) is 4.31 Å². The van der Waals surface area contributed by atoms with E-state index in [1.807, 2.05) is 0 Å². The van der Waals surface area contributed by atoms with Gasteiger partial charge in [0.15, 0.2) is 0 Å². The van der Waals surface area contributed by atoms with Crippen LogP contribution in [0.5, 0.6) is 0 Å². The summed E-state index contributed by atoms with van der Waals surface area (Å²) in [5.74, 6) is -0.372. The predicted octanol–water partition coefficient (Wildman–Crippen LogP) is -0.470. The first kappa shape index (κ1) is 12.8. The van der Waals surface area contributed by atoms with Crippen molar-refractivity contribution in [3.05, 3.63) is 29.8 Å². The number of carbonyl (C=O) groups is 1. The Hall–Kier alpha value is -1.60. The van der Waals surface area contributed by atoms with Gasteiger partial charge < -0.3 is 11.1 Å². The van der Waals surface area contributed by atoms with E-state index in [0.717, 1.165) is 0 Å². The van der Waals surface area contributed by atoms with Crippen LogP contribution in [0.1, 0.15) is 5.56 Å². The van der Waals surface area contributed by atoms with Gasteiger partial charge in [-0.15, -0.1) is 0 Å². The largest absolute Gasteiger partial charge is 0.399 e. The molecule has 1 heterocycles. The van der Waals surface area contributed by atoms with Gasteiger partial charge in [-0.05, 0) is 17.7 Å². The lowest BCUT2D eigenvalue weighted by Gasteiger charge is -2.25. The van der Waals surface area contributed by atoms with Crippen LogP contribution in [0.3, 0.4) is 0 Å². The number of hydrogen-bond donors (Lipinski definition) is 2. The molecule has 0 unspecified atom stereocenters. The summed E-state index contributed by atoms with van der Waals surface area (Å²) in [6.45, 7) is 0.583. The fraction of sp³-hybridized carbons (Fsp3) is 0.364. The topological polar surface area (TPSA) is 92.5 Å². The number of amides is 1. The van der Waals surface area contributed by atoms with Crippen molar-refractivity contribution in [3.63, 3.8) is 0 Å². The normalized spacial score (nSPS) is 17.4. The second-order valence-corrected chi connectivity index (χ2v) is 6.15. The van der Waals surface area contributed by atoms with Crippen LogP contribution in [0.2, 0.25) is 0 Å². The van der Waals surface area contributed by atoms with Crippen molar-refractivity contribution < 1.29 is 13.2 Å². The van der Waals surface area contributed by atoms with E-state index in [4.69, 9.17) is 5.73 Å². The Morgan fingerprint density at radius 3 is 2.56 bits per heavy atom. The van der Waals surface area contributed by atoms with Crippen LogP contribution < -0.4 is 11.1 Å². The van der Waals surface area contributed by atoms with Crippen LogP contribution in [0.15, 0.2) is 24.3 Å². The number of nitrogens with zero attached hydrogens (tertiary/aromatic N) is 1. The molecule has 7 heteroatoms. The molecule has 0 atom stereocenters. The first-order chi connectivity index (χ1) is 8.47. The first-order valence-corrected chi connectivity index (χ1v) is 7.17. The smallest absolute Gasteiger partial charge is 0.235 e. The number of hydrogen-bond acceptors (Lipinski definition) is 4. The minimum Gasteiger partial charge on any atom is -0.399 e. The zero-order valence-electron chi connectivity index (χ0n) is 9.80. The zero-order valence-corrected chi connectivity index (χ0v) is 10.6. The maximum Gasteiger partial charge on any atom is 0.235 e. The molecular weight excluding hydrogens is 254 g/mol. The van der Waals surface area contributed by atoms with E-state index >= 15 is 0 Å². The number of anilines is 1. The van der Waals surface area contributed by atoms with E-state index in [9.17, 15) is 13.2 Å². The SMILES string of the molecule is Nc1ccc(CS(=O)(=O)N2CCNC(=O)C2)cc1. The quantitative estimate of drug-likeness (QED) is 0.726. The van der Waals surface area contributed by atoms with Gasteiger partial charge >= 0.3 is 0 Å². The summed E-state index contributed by atoms with van der Waals surface area (Å²) in [5.41, 5.74) is 6.79. The van der Waals surface area contributed by atoms with Crippen molar-refractivity contribution in [2.24, 2.45) is 0 Å². The van der Waals surface area contributed by atoms with Crippen molar-refractivity contribution >= 4 is 21.6 Å². The Morgan fingerprint density at radius 1 is 1.28 bits per heavy atom. The number of nitrogen functional groups attached to an aromatic ring is 1. The van der Waals surface area contributed by atoms with E-state index < -0.39 is 10.0 Å². The third-order valence-corrected chi connectivity index (χ3v) is 4.52. The van der Waals surface area contributed by atoms with Crippen LogP contribution in [0.25, 0.3) is 0 Å². The van der Waals surface area contributed by atoms with E-state index in [1.54, 1.807) is 24.3 Å². The zero-order chi connectivity index (χ0) is 13.2. The van der Waals surface area contributed by atoms with Gasteiger partial charge in [-0.3, -0.25) is 4.79 Å². The van der Waals surface area contributed by atoms with E-state index in [0.29, 0.717) is 24.3 Å². The molecule has 1 fully saturated rings. The van der Waals surface area contributed by atoms with Crippen molar-refractivity contribution in [2.45, 2.75) is 5.75 Å². The van der Waals surface area contributed by atoms with Crippen molar-refractivity contribution in [3.8, 4) is 0 Å². The maximum absolute atomic E-state index is 12.1. The molecule has 1 aromatic carbocycles. The summed E-state index contributed by atoms with van der Waals surface area (Å²) in [5, 5.41) is 2.59. The molecule has 6 nitrogen and oxygen atoms in total. The lowest BCUT2D eigenvalue weighted by Crippen LogP contribution is -2.50. The number of piperazine rings is 1. The van der Waals surface area contributed by atoms with Gasteiger partial charge in [0.05, 0.1) is 12.3 Å². The molecule has 1 aromatic rings. The van der Waals surface area contributed by atoms with Crippen molar-refractivity contribution in [1.82, 2.24) is 9.62 Å². The summed E-state index contributed by atoms with van der Waals surface area (Å²) < 4.78 is 25.4. The second kappa shape index (κ2) is 4.95. The summed E-state index contributed by atoms with van der Waals surface area (Å²) in [6.07, 6.45) is 0. The number of sulfonamides is 1. The van der Waals surface area contributed by atoms with Gasteiger partial charge in [0.2, 0.25) is 15.9 Å². The highest BCUT2D eigenvalue weighted by Gasteiger charge is 2.27. The van der Waals surface area contributed by atoms with Crippen LogP contribution in [0.4, 0.5) is 5.69 Å². The second-order valence-electron chi connectivity index (χ2n) is 4.18. The number of rotatable bonds is 3. The highest BCUT2D eigenvalue weighted by molar-refractivity contribution is 7.88. The van der Waals surface area contributed by atoms with Crippen molar-refractivity contribution in [1.29, 1.82) is 0 Å². The molecule has 1 amide bonds. The highest BCUT2D eigenvalue weighted by Crippen LogP contribution is 2.13. The Bertz CT molecular complexity index is 539. The minimum absolute atomic E-state index is 0.0999. The Kier molecular flexibility index (Phi) is 3.53. The fourth-order valence-electron chi connectivity index (χ4n) is 1.77. The Labute approximate surface area is 106 Å². The van der Waals surface area contributed by atoms with E-state index in [-0.39, 0.29) is 18.2 Å². The highest BCUT2D eigenvalue weighted by atomic mass is 32.2. The Morgan fingerprint density at radius 2 is 1.94 bits per heavy atom. The summed E-state index contributed by atoms with van der Waals surface area (Å²) in [4.78, 5) is 11.2. The molecule has 0 aromatic heterocycles. The van der Waals surface area contributed by atoms with Gasteiger partial charge in [0.25, 0.3) is 0 Å². The molecule has 0 saturated carbocycles. The lowest BCUT2D eigenvalue weighted by atomic mass is 10.2. The lowest BCUT2D eigenvalue weighted by molar-refractivity contribution is -0.122. The monoisotopic (exact) mass is 269 g/mol. The molecule has 2 rings (SSSR count). The van der Waals surface area contributed by atoms with Crippen LogP contribution >= 0.6 is 0 Å². The van der Waals surface area contributed by atoms with Gasteiger partial charge in [0.1, 0.15) is 0 Å². The maximum atomic E-state index is 12.1. The molecule has 1 aliphatic rings. The van der Waals surface area contributed by atoms with Gasteiger partial charge in [-0.1, -0.05) is 12.1 Å². The molecule has 0 radical (unpaired) electrons. The van der Waals surface area contributed by atoms with Gasteiger partial charge in [-0.2, -0.15) is 4.31 Å². The van der Waals surface area contributed by atoms with E-state index in [2.05, 4.69) is 5.32 Å². The minimum atomic E-state index is -3.45. The van der Waals surface area contributed by atoms with Crippen LogP contribution in [-0.2, 0) is 20.6 Å². The first-order valence-electron chi connectivity index (χ1n) is 5.56. The van der Waals surface area contributed by atoms with Crippen LogP contribution in [-0.4, -0.2) is 38.3 Å². The van der Waals surface area contributed by atoms with Gasteiger partial charge in [0, 0.05) is 18.8 Å². The molecule has 0 bridgehead atoms. The average molecular weight is 269 g/mol. The number of nitrogens with one attached hydrogen (secondary N) is 1. The molecule has 1 aliphatic heterocycles. The average Bonchev–Trinajstić information content (AvgIpc) is 2.32. The summed E-state index contributed by atoms with van der Waals surface area (Å²) >= 11 is 0. The number of nitrogens with two attached hydrogens (primary N) is 1. The third-order valence-electron chi connectivity index (χ3n) is 2.73. The molecule has 18 heavy (non-hydrogen) atoms. The summed E-state index contributed by atoms with van der Waals surface area (Å²) in [6, 6.07) is 6.68. The number of carbonyl (C=O) groups excluding carboxylic acids is 1. The predicted molar refractivity (Wildman–Crippen MR) is 68.1 cm³/mol. The van der Waals surface area contributed by atoms with Crippen LogP contribution in [0, 0.1) is 0 Å². The third kappa shape index (κ3) is 2.99.